The standard InChI is InChI=1S/C26H28ClN3O5/c1-2-33-26(32)34-24-14-20(8-9-22(24)27)25(31)28-16-18-10-12-30(13-11-18)17-21-15-23(29-35-21)19-6-4-3-5-7-19/h3-9,14-15,18H,2,10-13,16-17H2,1H3,(H,28,31). The van der Waals surface area contributed by atoms with E-state index in [1.807, 2.05) is 36.4 Å². The van der Waals surface area contributed by atoms with Crippen LogP contribution in [-0.2, 0) is 11.3 Å². The van der Waals surface area contributed by atoms with Crippen molar-refractivity contribution in [3.63, 3.8) is 0 Å². The van der Waals surface area contributed by atoms with Crippen molar-refractivity contribution < 1.29 is 23.6 Å². The van der Waals surface area contributed by atoms with Gasteiger partial charge >= 0.3 is 6.16 Å². The number of carbonyl (C=O) groups excluding carboxylic acids is 2. The largest absolute Gasteiger partial charge is 0.513 e. The summed E-state index contributed by atoms with van der Waals surface area (Å²) in [4.78, 5) is 26.5. The fraction of sp³-hybridized carbons (Fsp3) is 0.346. The summed E-state index contributed by atoms with van der Waals surface area (Å²) in [6, 6.07) is 16.5. The molecule has 1 aliphatic heterocycles. The first kappa shape index (κ1) is 24.8. The Hall–Kier alpha value is -3.36. The number of carbonyl (C=O) groups is 2. The number of nitrogens with one attached hydrogen (secondary N) is 1. The van der Waals surface area contributed by atoms with Gasteiger partial charge in [-0.1, -0.05) is 47.1 Å². The number of amides is 1. The summed E-state index contributed by atoms with van der Waals surface area (Å²) >= 11 is 6.07. The molecule has 0 aliphatic carbocycles. The van der Waals surface area contributed by atoms with E-state index in [1.54, 1.807) is 13.0 Å². The van der Waals surface area contributed by atoms with Gasteiger partial charge in [-0.2, -0.15) is 0 Å². The summed E-state index contributed by atoms with van der Waals surface area (Å²) in [5, 5.41) is 7.39. The number of ether oxygens (including phenoxy) is 2. The maximum absolute atomic E-state index is 12.6. The van der Waals surface area contributed by atoms with Gasteiger partial charge in [-0.3, -0.25) is 9.69 Å². The Morgan fingerprint density at radius 2 is 1.91 bits per heavy atom. The van der Waals surface area contributed by atoms with Crippen molar-refractivity contribution in [3.8, 4) is 17.0 Å². The van der Waals surface area contributed by atoms with Crippen molar-refractivity contribution in [2.75, 3.05) is 26.2 Å². The number of piperidine rings is 1. The van der Waals surface area contributed by atoms with E-state index >= 15 is 0 Å². The molecule has 0 atom stereocenters. The highest BCUT2D eigenvalue weighted by Crippen LogP contribution is 2.26. The molecule has 4 rings (SSSR count). The highest BCUT2D eigenvalue weighted by atomic mass is 35.5. The van der Waals surface area contributed by atoms with Crippen LogP contribution in [0.4, 0.5) is 4.79 Å². The third-order valence-corrected chi connectivity index (χ3v) is 6.23. The van der Waals surface area contributed by atoms with Gasteiger partial charge in [-0.05, 0) is 57.0 Å². The van der Waals surface area contributed by atoms with E-state index in [0.29, 0.717) is 24.6 Å². The van der Waals surface area contributed by atoms with Crippen LogP contribution in [0.3, 0.4) is 0 Å². The molecule has 0 bridgehead atoms. The highest BCUT2D eigenvalue weighted by Gasteiger charge is 2.22. The predicted molar refractivity (Wildman–Crippen MR) is 131 cm³/mol. The van der Waals surface area contributed by atoms with E-state index in [-0.39, 0.29) is 23.3 Å². The zero-order chi connectivity index (χ0) is 24.6. The minimum Gasteiger partial charge on any atom is -0.434 e. The summed E-state index contributed by atoms with van der Waals surface area (Å²) < 4.78 is 15.4. The average Bonchev–Trinajstić information content (AvgIpc) is 3.34. The van der Waals surface area contributed by atoms with E-state index in [1.165, 1.54) is 12.1 Å². The number of hydrogen-bond donors (Lipinski definition) is 1. The SMILES string of the molecule is CCOC(=O)Oc1cc(C(=O)NCC2CCN(Cc3cc(-c4ccccc4)no3)CC2)ccc1Cl. The topological polar surface area (TPSA) is 93.9 Å². The molecule has 1 saturated heterocycles. The number of rotatable bonds is 8. The van der Waals surface area contributed by atoms with Crippen molar-refractivity contribution in [1.82, 2.24) is 15.4 Å². The zero-order valence-corrected chi connectivity index (χ0v) is 20.3. The fourth-order valence-corrected chi connectivity index (χ4v) is 4.16. The van der Waals surface area contributed by atoms with E-state index in [9.17, 15) is 9.59 Å². The molecule has 0 saturated carbocycles. The molecule has 2 aromatic carbocycles. The summed E-state index contributed by atoms with van der Waals surface area (Å²) in [6.07, 6.45) is 1.08. The van der Waals surface area contributed by atoms with Crippen molar-refractivity contribution in [3.05, 3.63) is 70.9 Å². The first-order chi connectivity index (χ1) is 17.0. The lowest BCUT2D eigenvalue weighted by atomic mass is 9.96. The molecule has 2 heterocycles. The molecule has 35 heavy (non-hydrogen) atoms. The molecule has 8 nitrogen and oxygen atoms in total. The van der Waals surface area contributed by atoms with Crippen molar-refractivity contribution >= 4 is 23.7 Å². The maximum Gasteiger partial charge on any atom is 0.513 e. The van der Waals surface area contributed by atoms with Crippen LogP contribution in [0.1, 0.15) is 35.9 Å². The summed E-state index contributed by atoms with van der Waals surface area (Å²) in [5.74, 6) is 1.08. The van der Waals surface area contributed by atoms with Crippen molar-refractivity contribution in [2.24, 2.45) is 5.92 Å². The van der Waals surface area contributed by atoms with Crippen LogP contribution in [-0.4, -0.2) is 48.4 Å². The van der Waals surface area contributed by atoms with Gasteiger partial charge < -0.3 is 19.3 Å². The molecular formula is C26H28ClN3O5. The third-order valence-electron chi connectivity index (χ3n) is 5.92. The van der Waals surface area contributed by atoms with E-state index < -0.39 is 6.16 Å². The van der Waals surface area contributed by atoms with E-state index in [2.05, 4.69) is 15.4 Å². The van der Waals surface area contributed by atoms with Crippen molar-refractivity contribution in [2.45, 2.75) is 26.3 Å². The fourth-order valence-electron chi connectivity index (χ4n) is 4.00. The van der Waals surface area contributed by atoms with Crippen LogP contribution in [0.2, 0.25) is 5.02 Å². The van der Waals surface area contributed by atoms with Gasteiger partial charge in [0.15, 0.2) is 11.5 Å². The van der Waals surface area contributed by atoms with Gasteiger partial charge in [0.05, 0.1) is 18.2 Å². The molecule has 9 heteroatoms. The molecule has 1 aromatic heterocycles. The molecule has 1 amide bonds. The van der Waals surface area contributed by atoms with E-state index in [4.69, 9.17) is 25.6 Å². The smallest absolute Gasteiger partial charge is 0.434 e. The van der Waals surface area contributed by atoms with Crippen LogP contribution in [0.25, 0.3) is 11.3 Å². The van der Waals surface area contributed by atoms with Crippen LogP contribution in [0.5, 0.6) is 5.75 Å². The van der Waals surface area contributed by atoms with Gasteiger partial charge in [0.2, 0.25) is 0 Å². The lowest BCUT2D eigenvalue weighted by molar-refractivity contribution is 0.0929. The van der Waals surface area contributed by atoms with Crippen molar-refractivity contribution in [1.29, 1.82) is 0 Å². The second-order valence-corrected chi connectivity index (χ2v) is 8.81. The van der Waals surface area contributed by atoms with Gasteiger partial charge in [0, 0.05) is 23.7 Å². The quantitative estimate of drug-likeness (QED) is 0.339. The third kappa shape index (κ3) is 6.83. The van der Waals surface area contributed by atoms with Gasteiger partial charge in [0.25, 0.3) is 5.91 Å². The lowest BCUT2D eigenvalue weighted by Gasteiger charge is -2.31. The summed E-state index contributed by atoms with van der Waals surface area (Å²) in [5.41, 5.74) is 2.25. The van der Waals surface area contributed by atoms with Gasteiger partial charge in [0.1, 0.15) is 5.69 Å². The van der Waals surface area contributed by atoms with Crippen LogP contribution >= 0.6 is 11.6 Å². The minimum absolute atomic E-state index is 0.0916. The van der Waals surface area contributed by atoms with E-state index in [0.717, 1.165) is 42.9 Å². The summed E-state index contributed by atoms with van der Waals surface area (Å²) in [6.45, 7) is 4.98. The second-order valence-electron chi connectivity index (χ2n) is 8.40. The Bertz CT molecular complexity index is 1140. The van der Waals surface area contributed by atoms with Gasteiger partial charge in [-0.25, -0.2) is 4.79 Å². The normalized spacial score (nSPS) is 14.5. The first-order valence-electron chi connectivity index (χ1n) is 11.7. The van der Waals surface area contributed by atoms with Crippen LogP contribution in [0.15, 0.2) is 59.1 Å². The number of likely N-dealkylation sites (tertiary alicyclic amines) is 1. The number of benzene rings is 2. The second kappa shape index (κ2) is 11.9. The molecule has 1 fully saturated rings. The Morgan fingerprint density at radius 1 is 1.14 bits per heavy atom. The molecular weight excluding hydrogens is 470 g/mol. The monoisotopic (exact) mass is 497 g/mol. The number of hydrogen-bond acceptors (Lipinski definition) is 7. The first-order valence-corrected chi connectivity index (χ1v) is 12.1. The highest BCUT2D eigenvalue weighted by molar-refractivity contribution is 6.32. The maximum atomic E-state index is 12.6. The molecule has 0 spiro atoms. The Labute approximate surface area is 209 Å². The average molecular weight is 498 g/mol. The number of nitrogens with zero attached hydrogens (tertiary/aromatic N) is 2. The number of aromatic nitrogens is 1. The molecule has 3 aromatic rings. The Kier molecular flexibility index (Phi) is 8.39. The molecule has 0 unspecified atom stereocenters. The van der Waals surface area contributed by atoms with Crippen LogP contribution < -0.4 is 10.1 Å². The van der Waals surface area contributed by atoms with Gasteiger partial charge in [-0.15, -0.1) is 0 Å². The number of halogens is 1. The van der Waals surface area contributed by atoms with Crippen LogP contribution in [0, 0.1) is 5.92 Å². The Morgan fingerprint density at radius 3 is 2.66 bits per heavy atom. The predicted octanol–water partition coefficient (Wildman–Crippen LogP) is 5.17. The summed E-state index contributed by atoms with van der Waals surface area (Å²) in [7, 11) is 0. The lowest BCUT2D eigenvalue weighted by Crippen LogP contribution is -2.38. The molecule has 0 radical (unpaired) electrons. The molecule has 1 aliphatic rings. The molecule has 184 valence electrons. The Balaban J connectivity index is 1.23. The zero-order valence-electron chi connectivity index (χ0n) is 19.5. The minimum atomic E-state index is -0.861. The molecule has 1 N–H and O–H groups in total.